The molecule has 1 atom stereocenters. The van der Waals surface area contributed by atoms with Crippen LogP contribution in [0, 0.1) is 6.92 Å². The van der Waals surface area contributed by atoms with Crippen molar-refractivity contribution < 1.29 is 4.79 Å². The second kappa shape index (κ2) is 6.80. The molecule has 2 aromatic rings. The molecule has 0 aliphatic heterocycles. The number of nitrogens with zero attached hydrogens (tertiary/aromatic N) is 2. The molecule has 0 saturated heterocycles. The number of carbonyl (C=O) groups excluding carboxylic acids is 1. The van der Waals surface area contributed by atoms with E-state index in [1.54, 1.807) is 6.20 Å². The third kappa shape index (κ3) is 4.16. The van der Waals surface area contributed by atoms with E-state index in [0.29, 0.717) is 5.69 Å². The zero-order valence-electron chi connectivity index (χ0n) is 11.8. The summed E-state index contributed by atoms with van der Waals surface area (Å²) in [5, 5.41) is 2.94. The molecule has 4 heteroatoms. The molecule has 104 valence electrons. The number of amides is 1. The summed E-state index contributed by atoms with van der Waals surface area (Å²) in [5.41, 5.74) is 2.45. The summed E-state index contributed by atoms with van der Waals surface area (Å²) in [4.78, 5) is 20.1. The lowest BCUT2D eigenvalue weighted by Crippen LogP contribution is -2.33. The van der Waals surface area contributed by atoms with Crippen molar-refractivity contribution in [2.75, 3.05) is 0 Å². The smallest absolute Gasteiger partial charge is 0.271 e. The van der Waals surface area contributed by atoms with Crippen molar-refractivity contribution in [3.63, 3.8) is 0 Å². The van der Waals surface area contributed by atoms with E-state index in [9.17, 15) is 4.79 Å². The molecule has 1 N–H and O–H groups in total. The lowest BCUT2D eigenvalue weighted by Gasteiger charge is -2.13. The van der Waals surface area contributed by atoms with Crippen molar-refractivity contribution in [2.24, 2.45) is 0 Å². The van der Waals surface area contributed by atoms with E-state index in [4.69, 9.17) is 0 Å². The van der Waals surface area contributed by atoms with Crippen LogP contribution in [0.4, 0.5) is 0 Å². The minimum absolute atomic E-state index is 0.103. The van der Waals surface area contributed by atoms with Gasteiger partial charge in [0.1, 0.15) is 5.69 Å². The first-order chi connectivity index (χ1) is 9.65. The number of carbonyl (C=O) groups is 1. The van der Waals surface area contributed by atoms with Gasteiger partial charge in [-0.05, 0) is 32.3 Å². The second-order valence-electron chi connectivity index (χ2n) is 4.94. The van der Waals surface area contributed by atoms with E-state index in [1.165, 1.54) is 11.8 Å². The summed E-state index contributed by atoms with van der Waals surface area (Å²) in [6.45, 7) is 3.85. The third-order valence-electron chi connectivity index (χ3n) is 3.10. The number of hydrogen-bond acceptors (Lipinski definition) is 3. The van der Waals surface area contributed by atoms with Gasteiger partial charge in [-0.2, -0.15) is 0 Å². The largest absolute Gasteiger partial charge is 0.348 e. The molecule has 1 unspecified atom stereocenters. The number of nitrogens with one attached hydrogen (secondary N) is 1. The van der Waals surface area contributed by atoms with Gasteiger partial charge in [0.05, 0.1) is 11.9 Å². The first-order valence-corrected chi connectivity index (χ1v) is 6.78. The summed E-state index contributed by atoms with van der Waals surface area (Å²) in [5.74, 6) is -0.168. The average molecular weight is 269 g/mol. The lowest BCUT2D eigenvalue weighted by atomic mass is 10.1. The van der Waals surface area contributed by atoms with Crippen LogP contribution >= 0.6 is 0 Å². The molecular formula is C16H19N3O. The van der Waals surface area contributed by atoms with Crippen LogP contribution in [-0.2, 0) is 6.42 Å². The minimum Gasteiger partial charge on any atom is -0.348 e. The Morgan fingerprint density at radius 1 is 1.20 bits per heavy atom. The second-order valence-corrected chi connectivity index (χ2v) is 4.94. The van der Waals surface area contributed by atoms with Gasteiger partial charge < -0.3 is 5.32 Å². The molecule has 4 nitrogen and oxygen atoms in total. The van der Waals surface area contributed by atoms with Crippen LogP contribution in [0.25, 0.3) is 0 Å². The van der Waals surface area contributed by atoms with E-state index in [-0.39, 0.29) is 11.9 Å². The molecular weight excluding hydrogens is 250 g/mol. The highest BCUT2D eigenvalue weighted by Crippen LogP contribution is 2.05. The molecule has 20 heavy (non-hydrogen) atoms. The van der Waals surface area contributed by atoms with Crippen molar-refractivity contribution in [3.8, 4) is 0 Å². The van der Waals surface area contributed by atoms with Gasteiger partial charge in [-0.1, -0.05) is 30.3 Å². The minimum atomic E-state index is -0.168. The van der Waals surface area contributed by atoms with Gasteiger partial charge in [-0.25, -0.2) is 4.98 Å². The first kappa shape index (κ1) is 14.2. The topological polar surface area (TPSA) is 54.9 Å². The van der Waals surface area contributed by atoms with Crippen LogP contribution in [0.5, 0.6) is 0 Å². The zero-order valence-corrected chi connectivity index (χ0v) is 11.8. The average Bonchev–Trinajstić information content (AvgIpc) is 2.47. The molecule has 0 spiro atoms. The normalized spacial score (nSPS) is 11.9. The van der Waals surface area contributed by atoms with Crippen LogP contribution < -0.4 is 5.32 Å². The number of benzene rings is 1. The molecule has 0 aliphatic rings. The van der Waals surface area contributed by atoms with Gasteiger partial charge in [0, 0.05) is 12.2 Å². The van der Waals surface area contributed by atoms with Crippen LogP contribution in [0.1, 0.15) is 35.1 Å². The van der Waals surface area contributed by atoms with Crippen LogP contribution in [0.2, 0.25) is 0 Å². The Morgan fingerprint density at radius 2 is 1.95 bits per heavy atom. The van der Waals surface area contributed by atoms with Gasteiger partial charge in [0.25, 0.3) is 5.91 Å². The Bertz CT molecular complexity index is 552. The molecule has 1 heterocycles. The number of aromatic nitrogens is 2. The number of aryl methyl sites for hydroxylation is 2. The van der Waals surface area contributed by atoms with Crippen molar-refractivity contribution >= 4 is 5.91 Å². The molecule has 2 rings (SSSR count). The lowest BCUT2D eigenvalue weighted by molar-refractivity contribution is 0.0933. The highest BCUT2D eigenvalue weighted by atomic mass is 16.1. The molecule has 1 amide bonds. The molecule has 0 fully saturated rings. The maximum atomic E-state index is 12.0. The highest BCUT2D eigenvalue weighted by Gasteiger charge is 2.11. The Balaban J connectivity index is 1.83. The Kier molecular flexibility index (Phi) is 4.82. The molecule has 1 aromatic carbocycles. The zero-order chi connectivity index (χ0) is 14.4. The van der Waals surface area contributed by atoms with E-state index < -0.39 is 0 Å². The molecule has 0 aliphatic carbocycles. The Morgan fingerprint density at radius 3 is 2.60 bits per heavy atom. The summed E-state index contributed by atoms with van der Waals surface area (Å²) in [6.07, 6.45) is 4.95. The third-order valence-corrected chi connectivity index (χ3v) is 3.10. The first-order valence-electron chi connectivity index (χ1n) is 6.78. The van der Waals surface area contributed by atoms with Gasteiger partial charge in [-0.15, -0.1) is 0 Å². The van der Waals surface area contributed by atoms with E-state index >= 15 is 0 Å². The maximum Gasteiger partial charge on any atom is 0.271 e. The molecule has 1 aromatic heterocycles. The molecule has 0 saturated carbocycles. The van der Waals surface area contributed by atoms with Gasteiger partial charge in [0.15, 0.2) is 0 Å². The van der Waals surface area contributed by atoms with Crippen molar-refractivity contribution in [1.82, 2.24) is 15.3 Å². The van der Waals surface area contributed by atoms with Crippen LogP contribution in [-0.4, -0.2) is 21.9 Å². The van der Waals surface area contributed by atoms with E-state index in [0.717, 1.165) is 18.5 Å². The fraction of sp³-hybridized carbons (Fsp3) is 0.312. The summed E-state index contributed by atoms with van der Waals surface area (Å²) in [6, 6.07) is 10.4. The summed E-state index contributed by atoms with van der Waals surface area (Å²) >= 11 is 0. The predicted molar refractivity (Wildman–Crippen MR) is 78.5 cm³/mol. The van der Waals surface area contributed by atoms with Gasteiger partial charge >= 0.3 is 0 Å². The number of hydrogen-bond donors (Lipinski definition) is 1. The predicted octanol–water partition coefficient (Wildman–Crippen LogP) is 2.54. The molecule has 0 bridgehead atoms. The molecule has 0 radical (unpaired) electrons. The van der Waals surface area contributed by atoms with Gasteiger partial charge in [-0.3, -0.25) is 9.78 Å². The standard InChI is InChI=1S/C16H19N3O/c1-12(8-9-14-6-4-3-5-7-14)19-16(20)15-11-17-13(2)10-18-15/h3-7,10-12H,8-9H2,1-2H3,(H,19,20). The summed E-state index contributed by atoms with van der Waals surface area (Å²) < 4.78 is 0. The van der Waals surface area contributed by atoms with Crippen molar-refractivity contribution in [1.29, 1.82) is 0 Å². The van der Waals surface area contributed by atoms with Crippen LogP contribution in [0.15, 0.2) is 42.7 Å². The SMILES string of the molecule is Cc1cnc(C(=O)NC(C)CCc2ccccc2)cn1. The maximum absolute atomic E-state index is 12.0. The Labute approximate surface area is 119 Å². The summed E-state index contributed by atoms with van der Waals surface area (Å²) in [7, 11) is 0. The van der Waals surface area contributed by atoms with Crippen molar-refractivity contribution in [2.45, 2.75) is 32.7 Å². The monoisotopic (exact) mass is 269 g/mol. The highest BCUT2D eigenvalue weighted by molar-refractivity contribution is 5.92. The van der Waals surface area contributed by atoms with Gasteiger partial charge in [0.2, 0.25) is 0 Å². The fourth-order valence-corrected chi connectivity index (χ4v) is 1.91. The Hall–Kier alpha value is -2.23. The van der Waals surface area contributed by atoms with E-state index in [1.807, 2.05) is 32.0 Å². The van der Waals surface area contributed by atoms with E-state index in [2.05, 4.69) is 27.4 Å². The fourth-order valence-electron chi connectivity index (χ4n) is 1.91. The quantitative estimate of drug-likeness (QED) is 0.907. The van der Waals surface area contributed by atoms with Crippen molar-refractivity contribution in [3.05, 3.63) is 59.7 Å². The number of rotatable bonds is 5. The van der Waals surface area contributed by atoms with Crippen LogP contribution in [0.3, 0.4) is 0 Å².